The molecule has 1 aromatic rings. The maximum Gasteiger partial charge on any atom is 0.358 e. The van der Waals surface area contributed by atoms with Crippen LogP contribution in [0, 0.1) is 0 Å². The fourth-order valence-electron chi connectivity index (χ4n) is 1.44. The predicted octanol–water partition coefficient (Wildman–Crippen LogP) is 0.881. The minimum Gasteiger partial charge on any atom is -0.493 e. The molecule has 0 radical (unpaired) electrons. The fourth-order valence-corrected chi connectivity index (χ4v) is 1.98. The molecule has 7 nitrogen and oxygen atoms in total. The van der Waals surface area contributed by atoms with Gasteiger partial charge in [-0.25, -0.2) is 0 Å². The molecule has 0 aliphatic heterocycles. The quantitative estimate of drug-likeness (QED) is 0.686. The summed E-state index contributed by atoms with van der Waals surface area (Å²) in [5, 5.41) is 9.55. The molecular weight excluding hydrogens is 263 g/mol. The zero-order valence-corrected chi connectivity index (χ0v) is 11.0. The van der Waals surface area contributed by atoms with E-state index in [1.807, 2.05) is 0 Å². The third-order valence-corrected chi connectivity index (χ3v) is 3.24. The van der Waals surface area contributed by atoms with E-state index in [2.05, 4.69) is 0 Å². The highest BCUT2D eigenvalue weighted by Gasteiger charge is 2.30. The molecule has 8 heteroatoms. The van der Waals surface area contributed by atoms with Crippen LogP contribution >= 0.6 is 7.60 Å². The first-order valence-electron chi connectivity index (χ1n) is 4.88. The van der Waals surface area contributed by atoms with Crippen molar-refractivity contribution in [2.24, 2.45) is 0 Å². The van der Waals surface area contributed by atoms with Crippen molar-refractivity contribution in [2.75, 3.05) is 21.3 Å². The van der Waals surface area contributed by atoms with Gasteiger partial charge in [0.25, 0.3) is 0 Å². The van der Waals surface area contributed by atoms with Gasteiger partial charge < -0.3 is 29.1 Å². The van der Waals surface area contributed by atoms with Crippen molar-refractivity contribution in [3.63, 3.8) is 0 Å². The zero-order valence-electron chi connectivity index (χ0n) is 10.2. The normalized spacial score (nSPS) is 13.0. The summed E-state index contributed by atoms with van der Waals surface area (Å²) in [7, 11) is -0.525. The first kappa shape index (κ1) is 14.8. The van der Waals surface area contributed by atoms with Gasteiger partial charge in [-0.3, -0.25) is 4.57 Å². The Bertz CT molecular complexity index is 442. The van der Waals surface area contributed by atoms with E-state index < -0.39 is 13.4 Å². The van der Waals surface area contributed by atoms with Crippen LogP contribution in [0.15, 0.2) is 12.1 Å². The van der Waals surface area contributed by atoms with Crippen LogP contribution < -0.4 is 14.2 Å². The van der Waals surface area contributed by atoms with E-state index in [1.54, 1.807) is 0 Å². The van der Waals surface area contributed by atoms with Gasteiger partial charge in [0.05, 0.1) is 21.3 Å². The molecule has 0 aliphatic carbocycles. The molecule has 0 bridgehead atoms. The molecule has 1 unspecified atom stereocenters. The van der Waals surface area contributed by atoms with Gasteiger partial charge in [0, 0.05) is 5.56 Å². The minimum atomic E-state index is -4.66. The van der Waals surface area contributed by atoms with Crippen LogP contribution in [0.25, 0.3) is 0 Å². The van der Waals surface area contributed by atoms with Gasteiger partial charge >= 0.3 is 7.60 Å². The van der Waals surface area contributed by atoms with E-state index in [0.717, 1.165) is 0 Å². The van der Waals surface area contributed by atoms with E-state index in [-0.39, 0.29) is 22.8 Å². The molecule has 0 aliphatic rings. The van der Waals surface area contributed by atoms with Crippen molar-refractivity contribution < 1.29 is 33.7 Å². The number of methoxy groups -OCH3 is 3. The number of benzene rings is 1. The maximum absolute atomic E-state index is 11.0. The summed E-state index contributed by atoms with van der Waals surface area (Å²) in [6, 6.07) is 2.57. The number of rotatable bonds is 5. The average Bonchev–Trinajstić information content (AvgIpc) is 2.34. The molecule has 0 aromatic heterocycles. The summed E-state index contributed by atoms with van der Waals surface area (Å²) < 4.78 is 26.1. The van der Waals surface area contributed by atoms with Crippen molar-refractivity contribution >= 4 is 7.60 Å². The summed E-state index contributed by atoms with van der Waals surface area (Å²) >= 11 is 0. The van der Waals surface area contributed by atoms with Crippen LogP contribution in [0.5, 0.6) is 17.2 Å². The van der Waals surface area contributed by atoms with Gasteiger partial charge in [-0.15, -0.1) is 0 Å². The number of hydrogen-bond donors (Lipinski definition) is 3. The molecule has 0 heterocycles. The van der Waals surface area contributed by atoms with Crippen LogP contribution in [0.1, 0.15) is 11.4 Å². The van der Waals surface area contributed by atoms with Crippen molar-refractivity contribution in [3.8, 4) is 17.2 Å². The van der Waals surface area contributed by atoms with E-state index in [4.69, 9.17) is 24.0 Å². The molecule has 1 aromatic carbocycles. The van der Waals surface area contributed by atoms with Crippen LogP contribution in [-0.2, 0) is 4.57 Å². The second-order valence-electron chi connectivity index (χ2n) is 3.42. The topological polar surface area (TPSA) is 105 Å². The maximum atomic E-state index is 11.0. The molecule has 0 amide bonds. The second-order valence-corrected chi connectivity index (χ2v) is 5.09. The van der Waals surface area contributed by atoms with Crippen molar-refractivity contribution in [1.82, 2.24) is 0 Å². The fraction of sp³-hybridized carbons (Fsp3) is 0.400. The summed E-state index contributed by atoms with van der Waals surface area (Å²) in [5.74, 6) is -1.24. The Morgan fingerprint density at radius 3 is 1.78 bits per heavy atom. The van der Waals surface area contributed by atoms with Crippen molar-refractivity contribution in [3.05, 3.63) is 17.7 Å². The monoisotopic (exact) mass is 278 g/mol. The smallest absolute Gasteiger partial charge is 0.358 e. The highest BCUT2D eigenvalue weighted by molar-refractivity contribution is 7.51. The van der Waals surface area contributed by atoms with E-state index >= 15 is 0 Å². The molecule has 0 saturated carbocycles. The van der Waals surface area contributed by atoms with Crippen LogP contribution in [0.2, 0.25) is 0 Å². The van der Waals surface area contributed by atoms with Crippen LogP contribution in [0.4, 0.5) is 0 Å². The summed E-state index contributed by atoms with van der Waals surface area (Å²) in [4.78, 5) is 17.9. The Balaban J connectivity index is 3.36. The number of ether oxygens (including phenoxy) is 3. The van der Waals surface area contributed by atoms with E-state index in [9.17, 15) is 9.67 Å². The minimum absolute atomic E-state index is 0.0159. The lowest BCUT2D eigenvalue weighted by atomic mass is 10.2. The molecular formula is C10H15O7P. The summed E-state index contributed by atoms with van der Waals surface area (Å²) in [6.07, 6.45) is 0. The molecule has 1 rings (SSSR count). The molecule has 18 heavy (non-hydrogen) atoms. The van der Waals surface area contributed by atoms with Gasteiger partial charge in [0.1, 0.15) is 0 Å². The largest absolute Gasteiger partial charge is 0.493 e. The SMILES string of the molecule is COc1cc(C(O)P(=O)(O)O)cc(OC)c1OC. The van der Waals surface area contributed by atoms with Crippen LogP contribution in [0.3, 0.4) is 0 Å². The highest BCUT2D eigenvalue weighted by Crippen LogP contribution is 2.52. The highest BCUT2D eigenvalue weighted by atomic mass is 31.2. The van der Waals surface area contributed by atoms with Crippen molar-refractivity contribution in [1.29, 1.82) is 0 Å². The first-order chi connectivity index (χ1) is 8.35. The van der Waals surface area contributed by atoms with Gasteiger partial charge in [0.15, 0.2) is 17.3 Å². The Labute approximate surface area is 104 Å². The molecule has 0 spiro atoms. The lowest BCUT2D eigenvalue weighted by molar-refractivity contribution is 0.204. The number of hydrogen-bond acceptors (Lipinski definition) is 5. The Kier molecular flexibility index (Phi) is 4.59. The van der Waals surface area contributed by atoms with E-state index in [1.165, 1.54) is 33.5 Å². The first-order valence-corrected chi connectivity index (χ1v) is 6.56. The number of aliphatic hydroxyl groups is 1. The molecule has 0 saturated heterocycles. The Morgan fingerprint density at radius 1 is 1.06 bits per heavy atom. The van der Waals surface area contributed by atoms with Crippen molar-refractivity contribution in [2.45, 2.75) is 5.85 Å². The third-order valence-electron chi connectivity index (χ3n) is 2.30. The zero-order chi connectivity index (χ0) is 13.9. The lowest BCUT2D eigenvalue weighted by Gasteiger charge is -2.17. The average molecular weight is 278 g/mol. The van der Waals surface area contributed by atoms with Gasteiger partial charge in [-0.2, -0.15) is 0 Å². The van der Waals surface area contributed by atoms with Crippen LogP contribution in [-0.4, -0.2) is 36.2 Å². The van der Waals surface area contributed by atoms with Gasteiger partial charge in [-0.05, 0) is 12.1 Å². The third kappa shape index (κ3) is 2.94. The predicted molar refractivity (Wildman–Crippen MR) is 63.1 cm³/mol. The second kappa shape index (κ2) is 5.58. The van der Waals surface area contributed by atoms with E-state index in [0.29, 0.717) is 0 Å². The Hall–Kier alpha value is -1.27. The molecule has 1 atom stereocenters. The molecule has 102 valence electrons. The summed E-state index contributed by atoms with van der Waals surface area (Å²) in [5.41, 5.74) is -0.0159. The lowest BCUT2D eigenvalue weighted by Crippen LogP contribution is -2.02. The number of aliphatic hydroxyl groups excluding tert-OH is 1. The summed E-state index contributed by atoms with van der Waals surface area (Å²) in [6.45, 7) is 0. The standard InChI is InChI=1S/C10H15O7P/c1-15-7-4-6(10(11)18(12,13)14)5-8(16-2)9(7)17-3/h4-5,10-11H,1-3H3,(H2,12,13,14). The molecule has 0 fully saturated rings. The Morgan fingerprint density at radius 2 is 1.50 bits per heavy atom. The molecule has 3 N–H and O–H groups in total. The van der Waals surface area contributed by atoms with Gasteiger partial charge in [0.2, 0.25) is 5.75 Å². The van der Waals surface area contributed by atoms with Gasteiger partial charge in [-0.1, -0.05) is 0 Å².